The first kappa shape index (κ1) is 21.4. The second-order valence-corrected chi connectivity index (χ2v) is 7.62. The van der Waals surface area contributed by atoms with Crippen molar-refractivity contribution in [1.82, 2.24) is 0 Å². The van der Waals surface area contributed by atoms with Crippen molar-refractivity contribution in [2.45, 2.75) is 95.6 Å². The van der Waals surface area contributed by atoms with Gasteiger partial charge in [0.1, 0.15) is 0 Å². The predicted octanol–water partition coefficient (Wildman–Crippen LogP) is 4.42. The average Bonchev–Trinajstić information content (AvgIpc) is 2.42. The highest BCUT2D eigenvalue weighted by Gasteiger charge is 2.29. The van der Waals surface area contributed by atoms with Crippen LogP contribution in [-0.4, -0.2) is 29.3 Å². The van der Waals surface area contributed by atoms with Gasteiger partial charge < -0.3 is 5.11 Å². The van der Waals surface area contributed by atoms with E-state index in [2.05, 4.69) is 6.92 Å². The van der Waals surface area contributed by atoms with Gasteiger partial charge >= 0.3 is 5.97 Å². The van der Waals surface area contributed by atoms with Crippen molar-refractivity contribution in [3.05, 3.63) is 0 Å². The number of unbranched alkanes of at least 4 members (excludes halogenated alkanes) is 11. The number of carboxylic acids is 1. The Bertz CT molecular complexity index is 378. The van der Waals surface area contributed by atoms with Gasteiger partial charge in [-0.2, -0.15) is 8.42 Å². The van der Waals surface area contributed by atoms with Crippen molar-refractivity contribution in [2.24, 2.45) is 0 Å². The predicted molar refractivity (Wildman–Crippen MR) is 88.7 cm³/mol. The fourth-order valence-electron chi connectivity index (χ4n) is 2.57. The molecule has 0 aliphatic rings. The molecule has 0 rings (SSSR count). The minimum Gasteiger partial charge on any atom is -0.480 e. The van der Waals surface area contributed by atoms with E-state index in [-0.39, 0.29) is 6.42 Å². The third-order valence-electron chi connectivity index (χ3n) is 3.95. The molecule has 5 nitrogen and oxygen atoms in total. The molecule has 0 amide bonds. The summed E-state index contributed by atoms with van der Waals surface area (Å²) in [5.74, 6) is -1.47. The Balaban J connectivity index is 3.45. The third-order valence-corrected chi connectivity index (χ3v) is 5.11. The fourth-order valence-corrected chi connectivity index (χ4v) is 3.29. The monoisotopic (exact) mass is 336 g/mol. The van der Waals surface area contributed by atoms with Gasteiger partial charge in [-0.05, 0) is 6.42 Å². The summed E-state index contributed by atoms with van der Waals surface area (Å²) in [6.07, 6.45) is 13.8. The second kappa shape index (κ2) is 12.9. The Morgan fingerprint density at radius 2 is 1.18 bits per heavy atom. The molecular formula is C16H32O5S. The molecule has 0 bridgehead atoms. The van der Waals surface area contributed by atoms with Crippen LogP contribution in [0.4, 0.5) is 0 Å². The molecule has 0 aromatic heterocycles. The number of hydrogen-bond donors (Lipinski definition) is 2. The van der Waals surface area contributed by atoms with E-state index in [9.17, 15) is 13.2 Å². The van der Waals surface area contributed by atoms with Crippen molar-refractivity contribution in [3.63, 3.8) is 0 Å². The van der Waals surface area contributed by atoms with Gasteiger partial charge in [0, 0.05) is 0 Å². The zero-order chi connectivity index (χ0) is 16.8. The van der Waals surface area contributed by atoms with Gasteiger partial charge in [-0.25, -0.2) is 0 Å². The molecular weight excluding hydrogens is 304 g/mol. The van der Waals surface area contributed by atoms with Crippen LogP contribution in [0.3, 0.4) is 0 Å². The van der Waals surface area contributed by atoms with Gasteiger partial charge in [0.15, 0.2) is 5.25 Å². The van der Waals surface area contributed by atoms with Crippen LogP contribution in [0.25, 0.3) is 0 Å². The minimum absolute atomic E-state index is 0.00834. The van der Waals surface area contributed by atoms with Gasteiger partial charge in [-0.3, -0.25) is 9.35 Å². The van der Waals surface area contributed by atoms with Crippen molar-refractivity contribution in [1.29, 1.82) is 0 Å². The van der Waals surface area contributed by atoms with Gasteiger partial charge in [-0.1, -0.05) is 84.0 Å². The maximum absolute atomic E-state index is 10.9. The summed E-state index contributed by atoms with van der Waals surface area (Å²) in [5.41, 5.74) is 0. The maximum atomic E-state index is 10.9. The number of carbonyl (C=O) groups is 1. The molecule has 6 heteroatoms. The van der Waals surface area contributed by atoms with Crippen LogP contribution >= 0.6 is 0 Å². The van der Waals surface area contributed by atoms with Crippen molar-refractivity contribution in [3.8, 4) is 0 Å². The number of hydrogen-bond acceptors (Lipinski definition) is 3. The van der Waals surface area contributed by atoms with Gasteiger partial charge in [0.2, 0.25) is 0 Å². The minimum atomic E-state index is -4.48. The largest absolute Gasteiger partial charge is 0.480 e. The molecule has 0 aromatic carbocycles. The standard InChI is InChI=1S/C16H32O5S/c1-2-3-4-5-6-7-8-9-10-11-12-13-14-15(16(17)18)22(19,20)21/h15H,2-14H2,1H3,(H,17,18)(H,19,20,21)/t15-/m0/s1. The molecule has 2 N–H and O–H groups in total. The van der Waals surface area contributed by atoms with Crippen LogP contribution in [0.5, 0.6) is 0 Å². The zero-order valence-electron chi connectivity index (χ0n) is 13.8. The Hall–Kier alpha value is -0.620. The van der Waals surface area contributed by atoms with Crippen LogP contribution in [0.2, 0.25) is 0 Å². The first-order valence-electron chi connectivity index (χ1n) is 8.58. The highest BCUT2D eigenvalue weighted by Crippen LogP contribution is 2.15. The molecule has 22 heavy (non-hydrogen) atoms. The summed E-state index contributed by atoms with van der Waals surface area (Å²) in [7, 11) is -4.48. The molecule has 0 radical (unpaired) electrons. The van der Waals surface area contributed by atoms with Gasteiger partial charge in [0.25, 0.3) is 10.1 Å². The number of rotatable bonds is 15. The van der Waals surface area contributed by atoms with Crippen molar-refractivity contribution < 1.29 is 22.9 Å². The van der Waals surface area contributed by atoms with Gasteiger partial charge in [-0.15, -0.1) is 0 Å². The SMILES string of the molecule is CCCCCCCCCCCCCC[C@@H](C(=O)O)S(=O)(=O)O. The highest BCUT2D eigenvalue weighted by molar-refractivity contribution is 7.87. The molecule has 0 saturated carbocycles. The number of aliphatic carboxylic acids is 1. The lowest BCUT2D eigenvalue weighted by atomic mass is 10.0. The molecule has 0 saturated heterocycles. The molecule has 0 heterocycles. The van der Waals surface area contributed by atoms with Crippen molar-refractivity contribution >= 4 is 16.1 Å². The van der Waals surface area contributed by atoms with Crippen molar-refractivity contribution in [2.75, 3.05) is 0 Å². The lowest BCUT2D eigenvalue weighted by molar-refractivity contribution is -0.136. The summed E-state index contributed by atoms with van der Waals surface area (Å²) in [5, 5.41) is 7.08. The van der Waals surface area contributed by atoms with E-state index in [4.69, 9.17) is 9.66 Å². The summed E-state index contributed by atoms with van der Waals surface area (Å²) < 4.78 is 30.6. The smallest absolute Gasteiger partial charge is 0.324 e. The zero-order valence-corrected chi connectivity index (χ0v) is 14.6. The molecule has 0 spiro atoms. The summed E-state index contributed by atoms with van der Waals surface area (Å²) in [4.78, 5) is 10.7. The summed E-state index contributed by atoms with van der Waals surface area (Å²) in [6.45, 7) is 2.22. The van der Waals surface area contributed by atoms with E-state index >= 15 is 0 Å². The quantitative estimate of drug-likeness (QED) is 0.341. The van der Waals surface area contributed by atoms with Crippen LogP contribution in [0.1, 0.15) is 90.4 Å². The average molecular weight is 336 g/mol. The molecule has 0 aromatic rings. The molecule has 0 fully saturated rings. The lowest BCUT2D eigenvalue weighted by Gasteiger charge is -2.08. The molecule has 0 unspecified atom stereocenters. The Morgan fingerprint density at radius 1 is 0.818 bits per heavy atom. The second-order valence-electron chi connectivity index (χ2n) is 6.02. The van der Waals surface area contributed by atoms with E-state index in [1.165, 1.54) is 51.4 Å². The van der Waals surface area contributed by atoms with Crippen LogP contribution in [-0.2, 0) is 14.9 Å². The lowest BCUT2D eigenvalue weighted by Crippen LogP contribution is -2.29. The number of carboxylic acid groups (broad SMARTS) is 1. The van der Waals surface area contributed by atoms with Crippen LogP contribution < -0.4 is 0 Å². The Morgan fingerprint density at radius 3 is 1.50 bits per heavy atom. The topological polar surface area (TPSA) is 91.7 Å². The summed E-state index contributed by atoms with van der Waals surface area (Å²) >= 11 is 0. The first-order chi connectivity index (χ1) is 10.4. The Labute approximate surface area is 135 Å². The maximum Gasteiger partial charge on any atom is 0.324 e. The van der Waals surface area contributed by atoms with E-state index in [0.717, 1.165) is 19.3 Å². The van der Waals surface area contributed by atoms with E-state index in [0.29, 0.717) is 6.42 Å². The van der Waals surface area contributed by atoms with E-state index in [1.807, 2.05) is 0 Å². The normalized spacial score (nSPS) is 13.2. The molecule has 132 valence electrons. The highest BCUT2D eigenvalue weighted by atomic mass is 32.2. The Kier molecular flexibility index (Phi) is 12.5. The van der Waals surface area contributed by atoms with Crippen LogP contribution in [0.15, 0.2) is 0 Å². The van der Waals surface area contributed by atoms with E-state index < -0.39 is 21.3 Å². The summed E-state index contributed by atoms with van der Waals surface area (Å²) in [6, 6.07) is 0. The molecule has 0 aliphatic heterocycles. The first-order valence-corrected chi connectivity index (χ1v) is 10.1. The van der Waals surface area contributed by atoms with Crippen LogP contribution in [0, 0.1) is 0 Å². The van der Waals surface area contributed by atoms with Gasteiger partial charge in [0.05, 0.1) is 0 Å². The third kappa shape index (κ3) is 12.0. The molecule has 1 atom stereocenters. The van der Waals surface area contributed by atoms with E-state index in [1.54, 1.807) is 0 Å². The fraction of sp³-hybridized carbons (Fsp3) is 0.938. The molecule has 0 aliphatic carbocycles.